The summed E-state index contributed by atoms with van der Waals surface area (Å²) in [5, 5.41) is 7.40. The van der Waals surface area contributed by atoms with Crippen molar-refractivity contribution < 1.29 is 14.3 Å². The summed E-state index contributed by atoms with van der Waals surface area (Å²) in [6, 6.07) is 10.7. The van der Waals surface area contributed by atoms with Gasteiger partial charge in [0, 0.05) is 10.9 Å². The molecule has 0 bridgehead atoms. The van der Waals surface area contributed by atoms with Crippen molar-refractivity contribution in [2.24, 2.45) is 0 Å². The summed E-state index contributed by atoms with van der Waals surface area (Å²) < 4.78 is 5.35. The Hall–Kier alpha value is -3.28. The Balaban J connectivity index is 1.77. The van der Waals surface area contributed by atoms with E-state index in [4.69, 9.17) is 4.74 Å². The van der Waals surface area contributed by atoms with Crippen LogP contribution in [0.1, 0.15) is 39.7 Å². The lowest BCUT2D eigenvalue weighted by atomic mass is 9.96. The molecule has 0 fully saturated rings. The molecule has 28 heavy (non-hydrogen) atoms. The van der Waals surface area contributed by atoms with Crippen LogP contribution in [-0.2, 0) is 16.0 Å². The second-order valence-corrected chi connectivity index (χ2v) is 6.97. The van der Waals surface area contributed by atoms with Gasteiger partial charge < -0.3 is 4.74 Å². The molecule has 3 rings (SSSR count). The Labute approximate surface area is 162 Å². The summed E-state index contributed by atoms with van der Waals surface area (Å²) in [6.45, 7) is 7.36. The third-order valence-electron chi connectivity index (χ3n) is 4.87. The maximum atomic E-state index is 12.7. The van der Waals surface area contributed by atoms with Gasteiger partial charge in [-0.15, -0.1) is 0 Å². The molecule has 0 aliphatic heterocycles. The quantitative estimate of drug-likeness (QED) is 0.544. The number of esters is 1. The van der Waals surface area contributed by atoms with Crippen LogP contribution < -0.4 is 5.56 Å². The van der Waals surface area contributed by atoms with Gasteiger partial charge in [0.05, 0.1) is 17.5 Å². The minimum atomic E-state index is -0.915. The van der Waals surface area contributed by atoms with E-state index in [1.54, 1.807) is 31.2 Å². The maximum absolute atomic E-state index is 12.7. The molecule has 0 amide bonds. The van der Waals surface area contributed by atoms with Crippen LogP contribution in [0.4, 0.5) is 0 Å². The van der Waals surface area contributed by atoms with E-state index in [-0.39, 0.29) is 17.8 Å². The second kappa shape index (κ2) is 7.76. The first kappa shape index (κ1) is 19.5. The minimum Gasteiger partial charge on any atom is -0.454 e. The average Bonchev–Trinajstić information content (AvgIpc) is 2.66. The van der Waals surface area contributed by atoms with E-state index in [2.05, 4.69) is 10.2 Å². The number of nitrogens with zero attached hydrogens (tertiary/aromatic N) is 1. The van der Waals surface area contributed by atoms with E-state index in [9.17, 15) is 14.4 Å². The summed E-state index contributed by atoms with van der Waals surface area (Å²) in [6.07, 6.45) is -1.05. The molecular weight excluding hydrogens is 356 g/mol. The number of hydrogen-bond acceptors (Lipinski definition) is 5. The van der Waals surface area contributed by atoms with Gasteiger partial charge in [-0.25, -0.2) is 5.10 Å². The van der Waals surface area contributed by atoms with Gasteiger partial charge in [0.2, 0.25) is 5.78 Å². The predicted octanol–water partition coefficient (Wildman–Crippen LogP) is 3.21. The molecule has 1 N–H and O–H groups in total. The van der Waals surface area contributed by atoms with E-state index in [1.165, 1.54) is 0 Å². The number of hydrogen-bond donors (Lipinski definition) is 1. The van der Waals surface area contributed by atoms with Crippen molar-refractivity contribution >= 4 is 22.5 Å². The topological polar surface area (TPSA) is 89.1 Å². The number of ketones is 1. The van der Waals surface area contributed by atoms with Gasteiger partial charge in [0.15, 0.2) is 6.10 Å². The first-order chi connectivity index (χ1) is 13.3. The number of Topliss-reactive ketones (excluding diaryl/α,β-unsaturated/α-hetero) is 1. The van der Waals surface area contributed by atoms with Gasteiger partial charge in [-0.1, -0.05) is 24.3 Å². The summed E-state index contributed by atoms with van der Waals surface area (Å²) in [5.41, 5.74) is 3.61. The zero-order chi connectivity index (χ0) is 20.4. The molecule has 6 nitrogen and oxygen atoms in total. The highest BCUT2D eigenvalue weighted by Crippen LogP contribution is 2.19. The predicted molar refractivity (Wildman–Crippen MR) is 107 cm³/mol. The van der Waals surface area contributed by atoms with Gasteiger partial charge in [-0.3, -0.25) is 14.4 Å². The number of aromatic amines is 1. The first-order valence-electron chi connectivity index (χ1n) is 9.05. The van der Waals surface area contributed by atoms with Crippen molar-refractivity contribution in [1.82, 2.24) is 10.2 Å². The fourth-order valence-corrected chi connectivity index (χ4v) is 3.18. The number of rotatable bonds is 5. The number of benzene rings is 2. The maximum Gasteiger partial charge on any atom is 0.312 e. The van der Waals surface area contributed by atoms with E-state index in [0.717, 1.165) is 16.7 Å². The average molecular weight is 378 g/mol. The van der Waals surface area contributed by atoms with Crippen LogP contribution >= 0.6 is 0 Å². The van der Waals surface area contributed by atoms with Crippen molar-refractivity contribution in [2.75, 3.05) is 0 Å². The van der Waals surface area contributed by atoms with Crippen molar-refractivity contribution in [3.05, 3.63) is 74.7 Å². The van der Waals surface area contributed by atoms with Gasteiger partial charge in [-0.2, -0.15) is 5.10 Å². The highest BCUT2D eigenvalue weighted by molar-refractivity contribution is 6.01. The van der Waals surface area contributed by atoms with E-state index in [1.807, 2.05) is 32.9 Å². The molecule has 0 aliphatic rings. The summed E-state index contributed by atoms with van der Waals surface area (Å²) >= 11 is 0. The highest BCUT2D eigenvalue weighted by atomic mass is 16.5. The van der Waals surface area contributed by atoms with Gasteiger partial charge in [0.25, 0.3) is 5.56 Å². The molecule has 0 aliphatic carbocycles. The Morgan fingerprint density at radius 3 is 2.39 bits per heavy atom. The molecule has 0 unspecified atom stereocenters. The van der Waals surface area contributed by atoms with E-state index in [0.29, 0.717) is 22.0 Å². The summed E-state index contributed by atoms with van der Waals surface area (Å²) in [4.78, 5) is 37.0. The molecule has 1 atom stereocenters. The van der Waals surface area contributed by atoms with E-state index >= 15 is 0 Å². The van der Waals surface area contributed by atoms with Crippen LogP contribution in [0.2, 0.25) is 0 Å². The lowest BCUT2D eigenvalue weighted by molar-refractivity contribution is -0.145. The second-order valence-electron chi connectivity index (χ2n) is 6.97. The molecule has 6 heteroatoms. The molecule has 2 aromatic carbocycles. The zero-order valence-electron chi connectivity index (χ0n) is 16.3. The third kappa shape index (κ3) is 3.86. The molecule has 0 spiro atoms. The number of aryl methyl sites for hydroxylation is 3. The van der Waals surface area contributed by atoms with Gasteiger partial charge in [0.1, 0.15) is 0 Å². The number of carbonyl (C=O) groups is 2. The van der Waals surface area contributed by atoms with Crippen LogP contribution in [0.3, 0.4) is 0 Å². The molecule has 144 valence electrons. The zero-order valence-corrected chi connectivity index (χ0v) is 16.3. The van der Waals surface area contributed by atoms with E-state index < -0.39 is 12.1 Å². The Kier molecular flexibility index (Phi) is 5.40. The van der Waals surface area contributed by atoms with Crippen LogP contribution in [0.5, 0.6) is 0 Å². The molecule has 1 aromatic heterocycles. The molecule has 0 saturated carbocycles. The fraction of sp³-hybridized carbons (Fsp3) is 0.273. The van der Waals surface area contributed by atoms with Crippen molar-refractivity contribution in [1.29, 1.82) is 0 Å². The number of aromatic nitrogens is 2. The molecule has 0 radical (unpaired) electrons. The van der Waals surface area contributed by atoms with Crippen LogP contribution in [0.25, 0.3) is 10.8 Å². The largest absolute Gasteiger partial charge is 0.454 e. The highest BCUT2D eigenvalue weighted by Gasteiger charge is 2.22. The SMILES string of the molecule is Cc1cc(C)c(C(=O)[C@H](C)OC(=O)Cc2n[nH]c(=O)c3ccccc23)cc1C. The smallest absolute Gasteiger partial charge is 0.312 e. The van der Waals surface area contributed by atoms with Gasteiger partial charge >= 0.3 is 5.97 Å². The number of ether oxygens (including phenoxy) is 1. The van der Waals surface area contributed by atoms with Crippen molar-refractivity contribution in [3.8, 4) is 0 Å². The minimum absolute atomic E-state index is 0.138. The number of fused-ring (bicyclic) bond motifs is 1. The molecular formula is C22H22N2O4. The Morgan fingerprint density at radius 1 is 1.04 bits per heavy atom. The molecule has 0 saturated heterocycles. The Morgan fingerprint density at radius 2 is 1.68 bits per heavy atom. The number of nitrogens with one attached hydrogen (secondary N) is 1. The lowest BCUT2D eigenvalue weighted by Gasteiger charge is -2.15. The van der Waals surface area contributed by atoms with Gasteiger partial charge in [-0.05, 0) is 56.5 Å². The van der Waals surface area contributed by atoms with Crippen molar-refractivity contribution in [3.63, 3.8) is 0 Å². The fourth-order valence-electron chi connectivity index (χ4n) is 3.18. The molecule has 1 heterocycles. The summed E-state index contributed by atoms with van der Waals surface area (Å²) in [5.74, 6) is -0.819. The normalized spacial score (nSPS) is 12.0. The van der Waals surface area contributed by atoms with Crippen LogP contribution in [0, 0.1) is 20.8 Å². The number of carbonyl (C=O) groups excluding carboxylic acids is 2. The Bertz CT molecular complexity index is 1130. The molecule has 3 aromatic rings. The van der Waals surface area contributed by atoms with Crippen LogP contribution in [-0.4, -0.2) is 28.1 Å². The number of H-pyrrole nitrogens is 1. The standard InChI is InChI=1S/C22H22N2O4/c1-12-9-14(3)18(10-13(12)2)21(26)15(4)28-20(25)11-19-16-7-5-6-8-17(16)22(27)24-23-19/h5-10,15H,11H2,1-4H3,(H,24,27)/t15-/m0/s1. The first-order valence-corrected chi connectivity index (χ1v) is 9.05. The van der Waals surface area contributed by atoms with Crippen LogP contribution in [0.15, 0.2) is 41.2 Å². The summed E-state index contributed by atoms with van der Waals surface area (Å²) in [7, 11) is 0. The monoisotopic (exact) mass is 378 g/mol. The lowest BCUT2D eigenvalue weighted by Crippen LogP contribution is -2.26. The van der Waals surface area contributed by atoms with Crippen molar-refractivity contribution in [2.45, 2.75) is 40.2 Å². The third-order valence-corrected chi connectivity index (χ3v) is 4.87.